The van der Waals surface area contributed by atoms with Crippen LogP contribution in [0.5, 0.6) is 0 Å². The lowest BCUT2D eigenvalue weighted by molar-refractivity contribution is -0.136. The summed E-state index contributed by atoms with van der Waals surface area (Å²) >= 11 is 0. The number of amides is 1. The van der Waals surface area contributed by atoms with Gasteiger partial charge >= 0.3 is 0 Å². The Hall–Kier alpha value is -2.11. The Balaban J connectivity index is 1.39. The number of aromatic nitrogens is 2. The molecule has 122 valence electrons. The van der Waals surface area contributed by atoms with Crippen LogP contribution < -0.4 is 4.90 Å². The van der Waals surface area contributed by atoms with E-state index in [1.54, 1.807) is 6.20 Å². The lowest BCUT2D eigenvalue weighted by Gasteiger charge is -2.36. The third-order valence-electron chi connectivity index (χ3n) is 4.97. The zero-order valence-corrected chi connectivity index (χ0v) is 13.3. The minimum atomic E-state index is 0.254. The Morgan fingerprint density at radius 2 is 1.91 bits per heavy atom. The molecule has 1 aliphatic carbocycles. The van der Waals surface area contributed by atoms with Gasteiger partial charge in [-0.2, -0.15) is 4.98 Å². The number of carbonyl (C=O) groups is 1. The van der Waals surface area contributed by atoms with Gasteiger partial charge in [-0.1, -0.05) is 19.3 Å². The molecule has 4 rings (SSSR count). The average Bonchev–Trinajstić information content (AvgIpc) is 3.06. The lowest BCUT2D eigenvalue weighted by Crippen LogP contribution is -2.50. The van der Waals surface area contributed by atoms with Crippen LogP contribution in [0.1, 0.15) is 32.1 Å². The molecule has 0 spiro atoms. The second-order valence-electron chi connectivity index (χ2n) is 6.47. The molecular weight excluding hydrogens is 292 g/mol. The predicted molar refractivity (Wildman–Crippen MR) is 87.2 cm³/mol. The minimum Gasteiger partial charge on any atom is -0.404 e. The third kappa shape index (κ3) is 2.90. The zero-order chi connectivity index (χ0) is 15.6. The van der Waals surface area contributed by atoms with E-state index in [0.717, 1.165) is 44.5 Å². The van der Waals surface area contributed by atoms with Crippen LogP contribution >= 0.6 is 0 Å². The van der Waals surface area contributed by atoms with Crippen LogP contribution in [0.2, 0.25) is 0 Å². The van der Waals surface area contributed by atoms with Gasteiger partial charge in [0.2, 0.25) is 11.6 Å². The summed E-state index contributed by atoms with van der Waals surface area (Å²) < 4.78 is 5.72. The van der Waals surface area contributed by atoms with E-state index in [0.29, 0.717) is 17.6 Å². The number of piperazine rings is 1. The highest BCUT2D eigenvalue weighted by Crippen LogP contribution is 2.26. The highest BCUT2D eigenvalue weighted by atomic mass is 16.4. The van der Waals surface area contributed by atoms with Gasteiger partial charge in [0.05, 0.1) is 0 Å². The van der Waals surface area contributed by atoms with Gasteiger partial charge in [-0.3, -0.25) is 4.79 Å². The van der Waals surface area contributed by atoms with Gasteiger partial charge in [-0.25, -0.2) is 4.98 Å². The normalized spacial score (nSPS) is 20.2. The van der Waals surface area contributed by atoms with Gasteiger partial charge < -0.3 is 14.2 Å². The van der Waals surface area contributed by atoms with Crippen molar-refractivity contribution in [3.05, 3.63) is 18.3 Å². The Morgan fingerprint density at radius 1 is 1.13 bits per heavy atom. The maximum Gasteiger partial charge on any atom is 0.299 e. The van der Waals surface area contributed by atoms with Crippen molar-refractivity contribution in [2.24, 2.45) is 5.92 Å². The summed E-state index contributed by atoms with van der Waals surface area (Å²) in [5.74, 6) is 0.604. The smallest absolute Gasteiger partial charge is 0.299 e. The molecule has 3 heterocycles. The fraction of sp³-hybridized carbons (Fsp3) is 0.588. The van der Waals surface area contributed by atoms with E-state index >= 15 is 0 Å². The van der Waals surface area contributed by atoms with E-state index in [9.17, 15) is 4.79 Å². The molecule has 23 heavy (non-hydrogen) atoms. The summed E-state index contributed by atoms with van der Waals surface area (Å²) in [6.07, 6.45) is 7.52. The number of rotatable bonds is 2. The number of hydrogen-bond acceptors (Lipinski definition) is 5. The van der Waals surface area contributed by atoms with E-state index in [1.165, 1.54) is 19.3 Å². The number of fused-ring (bicyclic) bond motifs is 1. The zero-order valence-electron chi connectivity index (χ0n) is 13.3. The van der Waals surface area contributed by atoms with Gasteiger partial charge in [-0.15, -0.1) is 0 Å². The van der Waals surface area contributed by atoms with Crippen molar-refractivity contribution in [2.75, 3.05) is 31.1 Å². The summed E-state index contributed by atoms with van der Waals surface area (Å²) in [5.41, 5.74) is 1.35. The van der Waals surface area contributed by atoms with Crippen LogP contribution in [0.25, 0.3) is 11.2 Å². The van der Waals surface area contributed by atoms with E-state index in [2.05, 4.69) is 14.9 Å². The maximum absolute atomic E-state index is 12.6. The third-order valence-corrected chi connectivity index (χ3v) is 4.97. The monoisotopic (exact) mass is 314 g/mol. The van der Waals surface area contributed by atoms with Crippen molar-refractivity contribution in [2.45, 2.75) is 32.1 Å². The molecule has 2 aliphatic rings. The molecule has 2 fully saturated rings. The van der Waals surface area contributed by atoms with Crippen molar-refractivity contribution in [1.29, 1.82) is 0 Å². The summed E-state index contributed by atoms with van der Waals surface area (Å²) in [6, 6.07) is 4.37. The van der Waals surface area contributed by atoms with Crippen LogP contribution in [-0.4, -0.2) is 47.0 Å². The van der Waals surface area contributed by atoms with Crippen LogP contribution in [0.4, 0.5) is 6.01 Å². The Kier molecular flexibility index (Phi) is 3.89. The van der Waals surface area contributed by atoms with Gasteiger partial charge in [0, 0.05) is 38.3 Å². The fourth-order valence-electron chi connectivity index (χ4n) is 3.62. The second-order valence-corrected chi connectivity index (χ2v) is 6.47. The first-order valence-electron chi connectivity index (χ1n) is 8.56. The standard InChI is InChI=1S/C17H22N4O2/c22-16(13-5-2-1-3-6-13)20-9-11-21(12-10-20)17-19-14-7-4-8-18-15(14)23-17/h4,7-8,13H,1-3,5-6,9-12H2. The van der Waals surface area contributed by atoms with Crippen LogP contribution in [0.15, 0.2) is 22.7 Å². The first kappa shape index (κ1) is 14.5. The Bertz CT molecular complexity index is 652. The average molecular weight is 314 g/mol. The molecular formula is C17H22N4O2. The molecule has 0 aromatic carbocycles. The molecule has 1 saturated heterocycles. The van der Waals surface area contributed by atoms with Crippen molar-refractivity contribution in [3.8, 4) is 0 Å². The molecule has 0 radical (unpaired) electrons. The van der Waals surface area contributed by atoms with Gasteiger partial charge in [-0.05, 0) is 25.0 Å². The Labute approximate surface area is 135 Å². The molecule has 6 nitrogen and oxygen atoms in total. The summed E-state index contributed by atoms with van der Waals surface area (Å²) in [6.45, 7) is 3.04. The number of nitrogens with zero attached hydrogens (tertiary/aromatic N) is 4. The van der Waals surface area contributed by atoms with Gasteiger partial charge in [0.1, 0.15) is 5.52 Å². The van der Waals surface area contributed by atoms with Gasteiger partial charge in [0.15, 0.2) is 0 Å². The second kappa shape index (κ2) is 6.18. The van der Waals surface area contributed by atoms with Crippen LogP contribution in [0.3, 0.4) is 0 Å². The number of carbonyl (C=O) groups excluding carboxylic acids is 1. The fourth-order valence-corrected chi connectivity index (χ4v) is 3.62. The quantitative estimate of drug-likeness (QED) is 0.852. The van der Waals surface area contributed by atoms with Crippen LogP contribution in [0, 0.1) is 5.92 Å². The van der Waals surface area contributed by atoms with E-state index in [1.807, 2.05) is 17.0 Å². The summed E-state index contributed by atoms with van der Waals surface area (Å²) in [4.78, 5) is 25.4. The molecule has 1 aliphatic heterocycles. The number of oxazole rings is 1. The van der Waals surface area contributed by atoms with Gasteiger partial charge in [0.25, 0.3) is 6.01 Å². The van der Waals surface area contributed by atoms with Crippen molar-refractivity contribution in [3.63, 3.8) is 0 Å². The first-order valence-corrected chi connectivity index (χ1v) is 8.56. The predicted octanol–water partition coefficient (Wildman–Crippen LogP) is 2.45. The maximum atomic E-state index is 12.6. The topological polar surface area (TPSA) is 62.5 Å². The molecule has 0 N–H and O–H groups in total. The summed E-state index contributed by atoms with van der Waals surface area (Å²) in [5, 5.41) is 0. The number of hydrogen-bond donors (Lipinski definition) is 0. The molecule has 2 aromatic heterocycles. The highest BCUT2D eigenvalue weighted by molar-refractivity contribution is 5.79. The molecule has 1 amide bonds. The molecule has 2 aromatic rings. The molecule has 0 atom stereocenters. The molecule has 0 unspecified atom stereocenters. The summed E-state index contributed by atoms with van der Waals surface area (Å²) in [7, 11) is 0. The van der Waals surface area contributed by atoms with Crippen molar-refractivity contribution < 1.29 is 9.21 Å². The highest BCUT2D eigenvalue weighted by Gasteiger charge is 2.29. The number of pyridine rings is 1. The first-order chi connectivity index (χ1) is 11.3. The minimum absolute atomic E-state index is 0.254. The largest absolute Gasteiger partial charge is 0.404 e. The Morgan fingerprint density at radius 3 is 2.65 bits per heavy atom. The van der Waals surface area contributed by atoms with Crippen molar-refractivity contribution in [1.82, 2.24) is 14.9 Å². The SMILES string of the molecule is O=C(C1CCCCC1)N1CCN(c2nc3cccnc3o2)CC1. The van der Waals surface area contributed by atoms with Crippen molar-refractivity contribution >= 4 is 23.2 Å². The molecule has 6 heteroatoms. The van der Waals surface area contributed by atoms with E-state index in [4.69, 9.17) is 4.42 Å². The molecule has 0 bridgehead atoms. The van der Waals surface area contributed by atoms with Crippen LogP contribution in [-0.2, 0) is 4.79 Å². The molecule has 1 saturated carbocycles. The van der Waals surface area contributed by atoms with E-state index < -0.39 is 0 Å². The number of anilines is 1. The lowest BCUT2D eigenvalue weighted by atomic mass is 9.88. The van der Waals surface area contributed by atoms with E-state index in [-0.39, 0.29) is 5.92 Å².